The summed E-state index contributed by atoms with van der Waals surface area (Å²) in [5.74, 6) is 0. The number of hydrogen-bond acceptors (Lipinski definition) is 1. The Morgan fingerprint density at radius 2 is 0.849 bits per heavy atom. The van der Waals surface area contributed by atoms with Gasteiger partial charge in [0.25, 0.3) is 0 Å². The van der Waals surface area contributed by atoms with Crippen LogP contribution < -0.4 is 4.90 Å². The molecule has 13 aromatic rings. The molecule has 0 aliphatic rings. The Bertz CT molecular complexity index is 3570. The van der Waals surface area contributed by atoms with E-state index >= 15 is 0 Å². The SMILES string of the molecule is c1ccc(N(c2ccccc2)c2cccc3c4cc5ccccc5c5c6c7c8cccc9c%10c%11ccccc%11ccc%10n(c7ccc6n(c23)c45)c98)cc1. The van der Waals surface area contributed by atoms with E-state index in [1.54, 1.807) is 0 Å². The molecule has 4 aromatic heterocycles. The lowest BCUT2D eigenvalue weighted by atomic mass is 9.97. The molecule has 0 atom stereocenters. The first-order valence-electron chi connectivity index (χ1n) is 18.4. The van der Waals surface area contributed by atoms with Gasteiger partial charge in [0.05, 0.1) is 38.8 Å². The quantitative estimate of drug-likeness (QED) is 0.182. The number of benzene rings is 9. The van der Waals surface area contributed by atoms with Crippen molar-refractivity contribution >= 4 is 115 Å². The van der Waals surface area contributed by atoms with Crippen molar-refractivity contribution in [2.75, 3.05) is 4.90 Å². The monoisotopic (exact) mass is 671 g/mol. The van der Waals surface area contributed by atoms with Crippen LogP contribution in [-0.2, 0) is 0 Å². The van der Waals surface area contributed by atoms with Crippen LogP contribution in [0.2, 0.25) is 0 Å². The van der Waals surface area contributed by atoms with Crippen LogP contribution in [0.5, 0.6) is 0 Å². The fraction of sp³-hybridized carbons (Fsp3) is 0. The molecular formula is C50H29N3. The van der Waals surface area contributed by atoms with Crippen molar-refractivity contribution < 1.29 is 0 Å². The predicted molar refractivity (Wildman–Crippen MR) is 225 cm³/mol. The third-order valence-electron chi connectivity index (χ3n) is 11.9. The Hall–Kier alpha value is -7.10. The van der Waals surface area contributed by atoms with Crippen LogP contribution in [0.1, 0.15) is 0 Å². The Kier molecular flexibility index (Phi) is 5.11. The van der Waals surface area contributed by atoms with Crippen LogP contribution in [-0.4, -0.2) is 8.80 Å². The number of anilines is 3. The molecule has 3 heteroatoms. The lowest BCUT2D eigenvalue weighted by Crippen LogP contribution is -2.10. The lowest BCUT2D eigenvalue weighted by Gasteiger charge is -2.26. The fourth-order valence-corrected chi connectivity index (χ4v) is 9.89. The fourth-order valence-electron chi connectivity index (χ4n) is 9.89. The van der Waals surface area contributed by atoms with E-state index in [1.807, 2.05) is 0 Å². The van der Waals surface area contributed by atoms with Crippen molar-refractivity contribution in [3.05, 3.63) is 176 Å². The summed E-state index contributed by atoms with van der Waals surface area (Å²) < 4.78 is 5.11. The van der Waals surface area contributed by atoms with Gasteiger partial charge in [-0.25, -0.2) is 0 Å². The lowest BCUT2D eigenvalue weighted by molar-refractivity contribution is 1.27. The van der Waals surface area contributed by atoms with E-state index in [1.165, 1.54) is 97.7 Å². The maximum absolute atomic E-state index is 2.58. The van der Waals surface area contributed by atoms with E-state index in [4.69, 9.17) is 0 Å². The van der Waals surface area contributed by atoms with Gasteiger partial charge in [0.2, 0.25) is 0 Å². The van der Waals surface area contributed by atoms with E-state index in [0.717, 1.165) is 17.1 Å². The highest BCUT2D eigenvalue weighted by molar-refractivity contribution is 6.40. The second-order valence-corrected chi connectivity index (χ2v) is 14.5. The molecule has 9 aromatic carbocycles. The van der Waals surface area contributed by atoms with Gasteiger partial charge in [0.1, 0.15) is 0 Å². The maximum atomic E-state index is 2.58. The molecule has 0 saturated carbocycles. The van der Waals surface area contributed by atoms with Gasteiger partial charge in [-0.2, -0.15) is 0 Å². The van der Waals surface area contributed by atoms with Gasteiger partial charge in [0.15, 0.2) is 0 Å². The van der Waals surface area contributed by atoms with E-state index in [0.29, 0.717) is 0 Å². The third-order valence-corrected chi connectivity index (χ3v) is 11.9. The molecule has 0 unspecified atom stereocenters. The van der Waals surface area contributed by atoms with Crippen molar-refractivity contribution in [1.82, 2.24) is 8.80 Å². The molecule has 4 heterocycles. The summed E-state index contributed by atoms with van der Waals surface area (Å²) in [5, 5.41) is 15.6. The van der Waals surface area contributed by atoms with Crippen molar-refractivity contribution in [3.8, 4) is 0 Å². The molecule has 0 N–H and O–H groups in total. The van der Waals surface area contributed by atoms with Gasteiger partial charge in [-0.15, -0.1) is 0 Å². The zero-order valence-electron chi connectivity index (χ0n) is 28.6. The maximum Gasteiger partial charge on any atom is 0.0782 e. The minimum Gasteiger partial charge on any atom is -0.308 e. The van der Waals surface area contributed by atoms with Crippen LogP contribution in [0, 0.1) is 0 Å². The summed E-state index contributed by atoms with van der Waals surface area (Å²) in [4.78, 5) is 2.42. The average molecular weight is 672 g/mol. The highest BCUT2D eigenvalue weighted by atomic mass is 15.2. The molecule has 0 aliphatic carbocycles. The van der Waals surface area contributed by atoms with Crippen LogP contribution in [0.15, 0.2) is 176 Å². The third kappa shape index (κ3) is 3.36. The summed E-state index contributed by atoms with van der Waals surface area (Å²) in [5.41, 5.74) is 11.0. The van der Waals surface area contributed by atoms with Crippen molar-refractivity contribution in [3.63, 3.8) is 0 Å². The number of fused-ring (bicyclic) bond motifs is 17. The Morgan fingerprint density at radius 1 is 0.302 bits per heavy atom. The largest absolute Gasteiger partial charge is 0.308 e. The first-order chi connectivity index (χ1) is 26.3. The molecule has 3 nitrogen and oxygen atoms in total. The first kappa shape index (κ1) is 27.6. The molecule has 0 fully saturated rings. The Morgan fingerprint density at radius 3 is 1.60 bits per heavy atom. The van der Waals surface area contributed by atoms with Gasteiger partial charge < -0.3 is 13.7 Å². The van der Waals surface area contributed by atoms with Gasteiger partial charge >= 0.3 is 0 Å². The average Bonchev–Trinajstić information content (AvgIpc) is 3.95. The molecule has 0 aliphatic heterocycles. The molecule has 0 amide bonds. The molecule has 244 valence electrons. The number of aromatic nitrogens is 2. The molecule has 0 spiro atoms. The normalized spacial score (nSPS) is 12.5. The minimum atomic E-state index is 1.13. The molecule has 0 radical (unpaired) electrons. The summed E-state index contributed by atoms with van der Waals surface area (Å²) >= 11 is 0. The number of rotatable bonds is 3. The van der Waals surface area contributed by atoms with E-state index in [-0.39, 0.29) is 0 Å². The first-order valence-corrected chi connectivity index (χ1v) is 18.4. The van der Waals surface area contributed by atoms with Crippen molar-refractivity contribution in [1.29, 1.82) is 0 Å². The van der Waals surface area contributed by atoms with Crippen molar-refractivity contribution in [2.24, 2.45) is 0 Å². The standard InChI is InChI=1S/C50H29N3/c1-3-15-32(16-4-1)51(33-17-5-2-6-18-33)43-24-12-21-36-39-29-31-14-8-10-20-35(31)46-47-42(53(49(36)43)50(39)46)28-27-41-45(47)38-23-11-22-37-44-34-19-9-7-13-30(34)25-26-40(44)52(41)48(37)38/h1-29H. The molecular weight excluding hydrogens is 643 g/mol. The second-order valence-electron chi connectivity index (χ2n) is 14.5. The topological polar surface area (TPSA) is 12.1 Å². The smallest absolute Gasteiger partial charge is 0.0782 e. The van der Waals surface area contributed by atoms with Gasteiger partial charge in [-0.3, -0.25) is 0 Å². The van der Waals surface area contributed by atoms with E-state index in [2.05, 4.69) is 190 Å². The number of hydrogen-bond donors (Lipinski definition) is 0. The molecule has 13 rings (SSSR count). The molecule has 0 bridgehead atoms. The summed E-state index contributed by atoms with van der Waals surface area (Å²) in [6.45, 7) is 0. The second kappa shape index (κ2) is 9.81. The highest BCUT2D eigenvalue weighted by Gasteiger charge is 2.27. The van der Waals surface area contributed by atoms with Gasteiger partial charge in [-0.05, 0) is 76.1 Å². The molecule has 53 heavy (non-hydrogen) atoms. The van der Waals surface area contributed by atoms with Gasteiger partial charge in [-0.1, -0.05) is 121 Å². The van der Waals surface area contributed by atoms with Gasteiger partial charge in [0, 0.05) is 54.5 Å². The van der Waals surface area contributed by atoms with Crippen LogP contribution in [0.25, 0.3) is 97.7 Å². The number of para-hydroxylation sites is 4. The molecule has 0 saturated heterocycles. The van der Waals surface area contributed by atoms with Crippen LogP contribution in [0.3, 0.4) is 0 Å². The van der Waals surface area contributed by atoms with Crippen LogP contribution in [0.4, 0.5) is 17.1 Å². The summed E-state index contributed by atoms with van der Waals surface area (Å²) in [6, 6.07) is 64.8. The summed E-state index contributed by atoms with van der Waals surface area (Å²) in [6.07, 6.45) is 0. The van der Waals surface area contributed by atoms with E-state index in [9.17, 15) is 0 Å². The predicted octanol–water partition coefficient (Wildman–Crippen LogP) is 13.8. The van der Waals surface area contributed by atoms with Crippen molar-refractivity contribution in [2.45, 2.75) is 0 Å². The minimum absolute atomic E-state index is 1.13. The van der Waals surface area contributed by atoms with Crippen LogP contribution >= 0.6 is 0 Å². The zero-order valence-corrected chi connectivity index (χ0v) is 28.6. The Balaban J connectivity index is 1.27. The highest BCUT2D eigenvalue weighted by Crippen LogP contribution is 2.51. The van der Waals surface area contributed by atoms with E-state index < -0.39 is 0 Å². The Labute approximate surface area is 303 Å². The zero-order chi connectivity index (χ0) is 34.4. The number of nitrogens with zero attached hydrogens (tertiary/aromatic N) is 3. The summed E-state index contributed by atoms with van der Waals surface area (Å²) in [7, 11) is 0.